The number of hydrogen-bond donors (Lipinski definition) is 1. The Morgan fingerprint density at radius 1 is 1.50 bits per heavy atom. The van der Waals surface area contributed by atoms with Crippen LogP contribution < -0.4 is 5.32 Å². The number of likely N-dealkylation sites (tertiary alicyclic amines) is 1. The third-order valence-electron chi connectivity index (χ3n) is 3.77. The first kappa shape index (κ1) is 16.7. The van der Waals surface area contributed by atoms with Crippen LogP contribution in [-0.4, -0.2) is 50.7 Å². The van der Waals surface area contributed by atoms with Gasteiger partial charge in [-0.05, 0) is 46.6 Å². The van der Waals surface area contributed by atoms with Gasteiger partial charge in [0.15, 0.2) is 0 Å². The van der Waals surface area contributed by atoms with Gasteiger partial charge >= 0.3 is 6.09 Å². The van der Waals surface area contributed by atoms with Crippen LogP contribution in [-0.2, 0) is 18.3 Å². The highest BCUT2D eigenvalue weighted by Gasteiger charge is 2.31. The summed E-state index contributed by atoms with van der Waals surface area (Å²) in [7, 11) is 1.88. The molecule has 1 aromatic heterocycles. The predicted molar refractivity (Wildman–Crippen MR) is 83.3 cm³/mol. The number of rotatable bonds is 5. The highest BCUT2D eigenvalue weighted by molar-refractivity contribution is 5.68. The third-order valence-corrected chi connectivity index (χ3v) is 3.77. The maximum absolute atomic E-state index is 12.2. The van der Waals surface area contributed by atoms with E-state index in [2.05, 4.69) is 15.6 Å². The van der Waals surface area contributed by atoms with Crippen LogP contribution in [0.25, 0.3) is 0 Å². The quantitative estimate of drug-likeness (QED) is 0.838. The lowest BCUT2D eigenvalue weighted by Crippen LogP contribution is -2.40. The Hall–Kier alpha value is -1.63. The Kier molecular flexibility index (Phi) is 5.39. The van der Waals surface area contributed by atoms with Gasteiger partial charge in [0.2, 0.25) is 0 Å². The number of aromatic nitrogens is 3. The minimum absolute atomic E-state index is 0.189. The van der Waals surface area contributed by atoms with E-state index in [1.807, 2.05) is 32.7 Å². The van der Waals surface area contributed by atoms with Crippen molar-refractivity contribution in [2.75, 3.05) is 13.1 Å². The molecule has 0 saturated carbocycles. The second kappa shape index (κ2) is 7.09. The van der Waals surface area contributed by atoms with E-state index in [0.717, 1.165) is 44.6 Å². The molecule has 2 rings (SSSR count). The first-order chi connectivity index (χ1) is 10.4. The second-order valence-electron chi connectivity index (χ2n) is 6.78. The fourth-order valence-corrected chi connectivity index (χ4v) is 2.65. The van der Waals surface area contributed by atoms with Crippen molar-refractivity contribution < 1.29 is 9.53 Å². The molecule has 0 radical (unpaired) electrons. The van der Waals surface area contributed by atoms with Gasteiger partial charge in [0.25, 0.3) is 0 Å². The van der Waals surface area contributed by atoms with Crippen molar-refractivity contribution in [1.82, 2.24) is 25.2 Å². The van der Waals surface area contributed by atoms with Gasteiger partial charge in [-0.1, -0.05) is 5.21 Å². The van der Waals surface area contributed by atoms with E-state index >= 15 is 0 Å². The molecule has 2 heterocycles. The van der Waals surface area contributed by atoms with Crippen LogP contribution >= 0.6 is 0 Å². The van der Waals surface area contributed by atoms with Crippen LogP contribution in [0.4, 0.5) is 4.79 Å². The normalized spacial score (nSPS) is 18.7. The Balaban J connectivity index is 1.74. The molecule has 7 nitrogen and oxygen atoms in total. The number of nitrogens with zero attached hydrogens (tertiary/aromatic N) is 4. The average Bonchev–Trinajstić information content (AvgIpc) is 3.02. The maximum atomic E-state index is 12.2. The average molecular weight is 309 g/mol. The number of carbonyl (C=O) groups is 1. The monoisotopic (exact) mass is 309 g/mol. The lowest BCUT2D eigenvalue weighted by molar-refractivity contribution is 0.0220. The number of aryl methyl sites for hydroxylation is 1. The van der Waals surface area contributed by atoms with Crippen LogP contribution in [0.15, 0.2) is 6.20 Å². The fourth-order valence-electron chi connectivity index (χ4n) is 2.65. The Bertz CT molecular complexity index is 494. The third kappa shape index (κ3) is 4.69. The molecule has 1 N–H and O–H groups in total. The summed E-state index contributed by atoms with van der Waals surface area (Å²) in [6.07, 6.45) is 4.61. The van der Waals surface area contributed by atoms with Gasteiger partial charge in [0.1, 0.15) is 5.60 Å². The number of carbonyl (C=O) groups excluding carboxylic acids is 1. The summed E-state index contributed by atoms with van der Waals surface area (Å²) in [5, 5.41) is 11.1. The van der Waals surface area contributed by atoms with E-state index in [1.54, 1.807) is 10.9 Å². The molecule has 1 amide bonds. The number of ether oxygens (including phenoxy) is 1. The molecule has 0 bridgehead atoms. The summed E-state index contributed by atoms with van der Waals surface area (Å²) < 4.78 is 7.24. The molecule has 1 saturated heterocycles. The van der Waals surface area contributed by atoms with E-state index < -0.39 is 5.60 Å². The van der Waals surface area contributed by atoms with Crippen molar-refractivity contribution in [3.63, 3.8) is 0 Å². The molecule has 7 heteroatoms. The standard InChI is InChI=1S/C15H27N5O2/c1-15(2,3)22-14(21)20-9-5-6-12(20)7-8-16-10-13-11-17-18-19(13)4/h11-12,16H,5-10H2,1-4H3. The van der Waals surface area contributed by atoms with E-state index in [-0.39, 0.29) is 12.1 Å². The zero-order chi connectivity index (χ0) is 16.2. The fraction of sp³-hybridized carbons (Fsp3) is 0.800. The van der Waals surface area contributed by atoms with Gasteiger partial charge in [-0.2, -0.15) is 0 Å². The first-order valence-electron chi connectivity index (χ1n) is 7.91. The van der Waals surface area contributed by atoms with Crippen molar-refractivity contribution in [3.05, 3.63) is 11.9 Å². The zero-order valence-corrected chi connectivity index (χ0v) is 14.0. The summed E-state index contributed by atoms with van der Waals surface area (Å²) in [6, 6.07) is 0.270. The Labute approximate surface area is 132 Å². The second-order valence-corrected chi connectivity index (χ2v) is 6.78. The van der Waals surface area contributed by atoms with Crippen LogP contribution in [0.1, 0.15) is 45.7 Å². The smallest absolute Gasteiger partial charge is 0.410 e. The van der Waals surface area contributed by atoms with Gasteiger partial charge in [-0.15, -0.1) is 5.10 Å². The van der Waals surface area contributed by atoms with Crippen LogP contribution in [0.3, 0.4) is 0 Å². The van der Waals surface area contributed by atoms with Gasteiger partial charge in [-0.3, -0.25) is 4.68 Å². The van der Waals surface area contributed by atoms with Crippen molar-refractivity contribution in [2.45, 2.75) is 58.2 Å². The maximum Gasteiger partial charge on any atom is 0.410 e. The predicted octanol–water partition coefficient (Wildman–Crippen LogP) is 1.69. The number of nitrogens with one attached hydrogen (secondary N) is 1. The first-order valence-corrected chi connectivity index (χ1v) is 7.91. The lowest BCUT2D eigenvalue weighted by Gasteiger charge is -2.28. The van der Waals surface area contributed by atoms with E-state index in [1.165, 1.54) is 0 Å². The highest BCUT2D eigenvalue weighted by Crippen LogP contribution is 2.22. The molecule has 0 spiro atoms. The van der Waals surface area contributed by atoms with E-state index in [0.29, 0.717) is 0 Å². The highest BCUT2D eigenvalue weighted by atomic mass is 16.6. The molecule has 124 valence electrons. The summed E-state index contributed by atoms with van der Waals surface area (Å²) in [5.74, 6) is 0. The minimum Gasteiger partial charge on any atom is -0.444 e. The molecule has 1 atom stereocenters. The van der Waals surface area contributed by atoms with Crippen molar-refractivity contribution in [3.8, 4) is 0 Å². The van der Waals surface area contributed by atoms with Crippen LogP contribution in [0, 0.1) is 0 Å². The van der Waals surface area contributed by atoms with Crippen molar-refractivity contribution in [1.29, 1.82) is 0 Å². The zero-order valence-electron chi connectivity index (χ0n) is 14.0. The number of amides is 1. The van der Waals surface area contributed by atoms with E-state index in [9.17, 15) is 4.79 Å². The SMILES string of the molecule is Cn1nncc1CNCCC1CCCN1C(=O)OC(C)(C)C. The minimum atomic E-state index is -0.436. The van der Waals surface area contributed by atoms with Gasteiger partial charge in [0.05, 0.1) is 11.9 Å². The summed E-state index contributed by atoms with van der Waals surface area (Å²) in [6.45, 7) is 8.10. The summed E-state index contributed by atoms with van der Waals surface area (Å²) in [4.78, 5) is 14.1. The molecule has 22 heavy (non-hydrogen) atoms. The summed E-state index contributed by atoms with van der Waals surface area (Å²) >= 11 is 0. The number of hydrogen-bond acceptors (Lipinski definition) is 5. The Morgan fingerprint density at radius 3 is 2.91 bits per heavy atom. The van der Waals surface area contributed by atoms with Crippen molar-refractivity contribution >= 4 is 6.09 Å². The molecule has 0 aromatic carbocycles. The van der Waals surface area contributed by atoms with Gasteiger partial charge < -0.3 is 15.0 Å². The van der Waals surface area contributed by atoms with Gasteiger partial charge in [0, 0.05) is 26.2 Å². The van der Waals surface area contributed by atoms with Crippen molar-refractivity contribution in [2.24, 2.45) is 7.05 Å². The summed E-state index contributed by atoms with van der Waals surface area (Å²) in [5.41, 5.74) is 0.616. The molecule has 1 aromatic rings. The molecule has 0 aliphatic carbocycles. The van der Waals surface area contributed by atoms with E-state index in [4.69, 9.17) is 4.74 Å². The lowest BCUT2D eigenvalue weighted by atomic mass is 10.1. The molecule has 1 unspecified atom stereocenters. The largest absolute Gasteiger partial charge is 0.444 e. The molecule has 1 aliphatic rings. The molecule has 1 fully saturated rings. The van der Waals surface area contributed by atoms with Crippen LogP contribution in [0.5, 0.6) is 0 Å². The van der Waals surface area contributed by atoms with Crippen LogP contribution in [0.2, 0.25) is 0 Å². The molecular weight excluding hydrogens is 282 g/mol. The molecular formula is C15H27N5O2. The Morgan fingerprint density at radius 2 is 2.27 bits per heavy atom. The van der Waals surface area contributed by atoms with Gasteiger partial charge in [-0.25, -0.2) is 4.79 Å². The topological polar surface area (TPSA) is 72.3 Å². The molecule has 1 aliphatic heterocycles.